The molecule has 2 heterocycles. The highest BCUT2D eigenvalue weighted by Gasteiger charge is 2.12. The van der Waals surface area contributed by atoms with Crippen molar-refractivity contribution in [3.05, 3.63) is 39.6 Å². The van der Waals surface area contributed by atoms with Crippen molar-refractivity contribution in [3.63, 3.8) is 0 Å². The van der Waals surface area contributed by atoms with Crippen LogP contribution in [0.4, 0.5) is 0 Å². The predicted octanol–water partition coefficient (Wildman–Crippen LogP) is 3.17. The van der Waals surface area contributed by atoms with E-state index in [9.17, 15) is 0 Å². The Morgan fingerprint density at radius 3 is 2.38 bits per heavy atom. The molecule has 0 aromatic carbocycles. The number of nitrogens with zero attached hydrogens (tertiary/aromatic N) is 2. The van der Waals surface area contributed by atoms with Crippen LogP contribution in [0.1, 0.15) is 34.9 Å². The van der Waals surface area contributed by atoms with Gasteiger partial charge in [-0.3, -0.25) is 4.68 Å². The first-order valence-corrected chi connectivity index (χ1v) is 6.29. The third-order valence-electron chi connectivity index (χ3n) is 2.77. The van der Waals surface area contributed by atoms with Gasteiger partial charge in [-0.1, -0.05) is 0 Å². The van der Waals surface area contributed by atoms with Crippen LogP contribution in [0.2, 0.25) is 0 Å². The molecule has 1 atom stereocenters. The molecule has 0 saturated carbocycles. The van der Waals surface area contributed by atoms with Crippen molar-refractivity contribution in [2.75, 3.05) is 5.43 Å². The summed E-state index contributed by atoms with van der Waals surface area (Å²) in [6.07, 6.45) is 0. The zero-order chi connectivity index (χ0) is 11.7. The lowest BCUT2D eigenvalue weighted by atomic mass is 10.2. The van der Waals surface area contributed by atoms with Crippen LogP contribution in [0.3, 0.4) is 0 Å². The third-order valence-corrected chi connectivity index (χ3v) is 3.88. The van der Waals surface area contributed by atoms with Gasteiger partial charge in [-0.25, -0.2) is 4.98 Å². The maximum absolute atomic E-state index is 4.28. The summed E-state index contributed by atoms with van der Waals surface area (Å²) >= 11 is 1.70. The Kier molecular flexibility index (Phi) is 3.01. The molecule has 2 rings (SSSR count). The lowest BCUT2D eigenvalue weighted by Crippen LogP contribution is -2.20. The van der Waals surface area contributed by atoms with Crippen LogP contribution in [0, 0.1) is 20.8 Å². The normalized spacial score (nSPS) is 12.8. The first-order valence-electron chi connectivity index (χ1n) is 5.41. The van der Waals surface area contributed by atoms with Gasteiger partial charge in [-0.05, 0) is 39.8 Å². The highest BCUT2D eigenvalue weighted by atomic mass is 32.1. The van der Waals surface area contributed by atoms with Gasteiger partial charge in [0.25, 0.3) is 0 Å². The summed E-state index contributed by atoms with van der Waals surface area (Å²) in [6, 6.07) is 4.53. The summed E-state index contributed by atoms with van der Waals surface area (Å²) in [5.41, 5.74) is 8.96. The highest BCUT2D eigenvalue weighted by Crippen LogP contribution is 2.22. The summed E-state index contributed by atoms with van der Waals surface area (Å²) in [5.74, 6) is 0. The van der Waals surface area contributed by atoms with Crippen LogP contribution in [0.25, 0.3) is 0 Å². The van der Waals surface area contributed by atoms with E-state index in [1.165, 1.54) is 16.3 Å². The Morgan fingerprint density at radius 2 is 1.88 bits per heavy atom. The molecule has 1 unspecified atom stereocenters. The van der Waals surface area contributed by atoms with Gasteiger partial charge < -0.3 is 5.43 Å². The van der Waals surface area contributed by atoms with E-state index in [0.717, 1.165) is 5.69 Å². The fourth-order valence-corrected chi connectivity index (χ4v) is 2.66. The number of rotatable bonds is 3. The van der Waals surface area contributed by atoms with Crippen molar-refractivity contribution in [2.24, 2.45) is 0 Å². The van der Waals surface area contributed by atoms with Crippen LogP contribution in [-0.2, 0) is 0 Å². The molecule has 0 spiro atoms. The van der Waals surface area contributed by atoms with Gasteiger partial charge in [0.05, 0.1) is 22.1 Å². The summed E-state index contributed by atoms with van der Waals surface area (Å²) in [6.45, 7) is 8.43. The topological polar surface area (TPSA) is 29.9 Å². The molecule has 4 heteroatoms. The largest absolute Gasteiger partial charge is 0.318 e. The quantitative estimate of drug-likeness (QED) is 0.885. The van der Waals surface area contributed by atoms with E-state index >= 15 is 0 Å². The number of hydrogen-bond donors (Lipinski definition) is 1. The Bertz CT molecular complexity index is 465. The van der Waals surface area contributed by atoms with Crippen LogP contribution in [-0.4, -0.2) is 9.66 Å². The minimum Gasteiger partial charge on any atom is -0.318 e. The monoisotopic (exact) mass is 235 g/mol. The van der Waals surface area contributed by atoms with Crippen LogP contribution < -0.4 is 5.43 Å². The maximum Gasteiger partial charge on any atom is 0.0798 e. The van der Waals surface area contributed by atoms with Gasteiger partial charge in [0, 0.05) is 11.4 Å². The molecular weight excluding hydrogens is 218 g/mol. The molecule has 86 valence electrons. The van der Waals surface area contributed by atoms with Gasteiger partial charge in [-0.2, -0.15) is 0 Å². The Labute approximate surface area is 100 Å². The summed E-state index contributed by atoms with van der Waals surface area (Å²) in [7, 11) is 0. The van der Waals surface area contributed by atoms with Crippen molar-refractivity contribution in [3.8, 4) is 0 Å². The summed E-state index contributed by atoms with van der Waals surface area (Å²) in [5, 5.41) is 0. The number of nitrogens with one attached hydrogen (secondary N) is 1. The molecule has 2 aromatic rings. The minimum absolute atomic E-state index is 0.289. The predicted molar refractivity (Wildman–Crippen MR) is 68.5 cm³/mol. The smallest absolute Gasteiger partial charge is 0.0798 e. The summed E-state index contributed by atoms with van der Waals surface area (Å²) in [4.78, 5) is 5.58. The third kappa shape index (κ3) is 1.97. The minimum atomic E-state index is 0.289. The fraction of sp³-hybridized carbons (Fsp3) is 0.417. The molecule has 1 N–H and O–H groups in total. The molecule has 0 aliphatic rings. The average molecular weight is 235 g/mol. The molecule has 2 aromatic heterocycles. The van der Waals surface area contributed by atoms with Gasteiger partial charge in [0.2, 0.25) is 0 Å². The van der Waals surface area contributed by atoms with Crippen molar-refractivity contribution in [1.82, 2.24) is 9.66 Å². The van der Waals surface area contributed by atoms with Gasteiger partial charge >= 0.3 is 0 Å². The van der Waals surface area contributed by atoms with Crippen molar-refractivity contribution in [2.45, 2.75) is 33.7 Å². The van der Waals surface area contributed by atoms with Crippen molar-refractivity contribution in [1.29, 1.82) is 0 Å². The molecule has 16 heavy (non-hydrogen) atoms. The van der Waals surface area contributed by atoms with Crippen molar-refractivity contribution >= 4 is 11.3 Å². The van der Waals surface area contributed by atoms with Crippen LogP contribution >= 0.6 is 11.3 Å². The molecule has 3 nitrogen and oxygen atoms in total. The molecule has 0 amide bonds. The zero-order valence-corrected chi connectivity index (χ0v) is 10.9. The van der Waals surface area contributed by atoms with E-state index in [1.54, 1.807) is 11.3 Å². The van der Waals surface area contributed by atoms with Crippen LogP contribution in [0.15, 0.2) is 17.6 Å². The highest BCUT2D eigenvalue weighted by molar-refractivity contribution is 7.09. The number of hydrogen-bond acceptors (Lipinski definition) is 3. The number of thiazole rings is 1. The molecule has 0 fully saturated rings. The standard InChI is InChI=1S/C12H17N3S/c1-8-5-6-9(2)15(8)14-11(4)12-10(3)13-7-16-12/h5-7,11,14H,1-4H3. The van der Waals surface area contributed by atoms with E-state index < -0.39 is 0 Å². The van der Waals surface area contributed by atoms with E-state index in [-0.39, 0.29) is 6.04 Å². The van der Waals surface area contributed by atoms with E-state index in [2.05, 4.69) is 54.9 Å². The van der Waals surface area contributed by atoms with Crippen LogP contribution in [0.5, 0.6) is 0 Å². The van der Waals surface area contributed by atoms with Crippen molar-refractivity contribution < 1.29 is 0 Å². The molecule has 0 radical (unpaired) electrons. The first-order chi connectivity index (χ1) is 7.59. The average Bonchev–Trinajstić information content (AvgIpc) is 2.79. The molecule has 0 bridgehead atoms. The van der Waals surface area contributed by atoms with E-state index in [4.69, 9.17) is 0 Å². The second-order valence-corrected chi connectivity index (χ2v) is 4.99. The zero-order valence-electron chi connectivity index (χ0n) is 10.1. The second kappa shape index (κ2) is 4.29. The van der Waals surface area contributed by atoms with Gasteiger partial charge in [0.15, 0.2) is 0 Å². The lowest BCUT2D eigenvalue weighted by Gasteiger charge is -2.18. The van der Waals surface area contributed by atoms with Gasteiger partial charge in [0.1, 0.15) is 0 Å². The number of aromatic nitrogens is 2. The molecule has 0 saturated heterocycles. The molecule has 0 aliphatic heterocycles. The Morgan fingerprint density at radius 1 is 1.25 bits per heavy atom. The molecular formula is C12H17N3S. The van der Waals surface area contributed by atoms with E-state index in [0.29, 0.717) is 0 Å². The Balaban J connectivity index is 2.20. The molecule has 0 aliphatic carbocycles. The van der Waals surface area contributed by atoms with Gasteiger partial charge in [-0.15, -0.1) is 11.3 Å². The number of aryl methyl sites for hydroxylation is 3. The fourth-order valence-electron chi connectivity index (χ4n) is 1.85. The SMILES string of the molecule is Cc1ncsc1C(C)Nn1c(C)ccc1C. The maximum atomic E-state index is 4.28. The summed E-state index contributed by atoms with van der Waals surface area (Å²) < 4.78 is 2.13. The second-order valence-electron chi connectivity index (χ2n) is 4.10. The Hall–Kier alpha value is -1.29. The first kappa shape index (κ1) is 11.2. The lowest BCUT2D eigenvalue weighted by molar-refractivity contribution is 0.703. The van der Waals surface area contributed by atoms with E-state index in [1.807, 2.05) is 5.51 Å².